The number of halogens is 2. The molecule has 2 heterocycles. The van der Waals surface area contributed by atoms with Crippen LogP contribution in [0.1, 0.15) is 20.8 Å². The number of aromatic nitrogens is 3. The number of carbonyl (C=O) groups excluding carboxylic acids is 1. The van der Waals surface area contributed by atoms with Crippen LogP contribution in [0.4, 0.5) is 4.79 Å². The number of nitrogens with zero attached hydrogens (tertiary/aromatic N) is 3. The zero-order chi connectivity index (χ0) is 13.5. The van der Waals surface area contributed by atoms with Crippen molar-refractivity contribution in [2.24, 2.45) is 0 Å². The molecule has 0 saturated heterocycles. The summed E-state index contributed by atoms with van der Waals surface area (Å²) in [6, 6.07) is 1.89. The van der Waals surface area contributed by atoms with Crippen LogP contribution in [0.5, 0.6) is 0 Å². The van der Waals surface area contributed by atoms with E-state index >= 15 is 0 Å². The number of pyridine rings is 1. The molecule has 0 aliphatic heterocycles. The minimum atomic E-state index is -0.544. The van der Waals surface area contributed by atoms with Crippen molar-refractivity contribution in [3.63, 3.8) is 0 Å². The van der Waals surface area contributed by atoms with Crippen LogP contribution in [0.25, 0.3) is 10.9 Å². The van der Waals surface area contributed by atoms with Gasteiger partial charge in [-0.25, -0.2) is 9.78 Å². The molecular weight excluding hydrogens is 460 g/mol. The molecule has 7 heteroatoms. The van der Waals surface area contributed by atoms with Gasteiger partial charge in [0.25, 0.3) is 0 Å². The van der Waals surface area contributed by atoms with Gasteiger partial charge in [-0.2, -0.15) is 9.78 Å². The second-order valence-electron chi connectivity index (χ2n) is 4.71. The highest BCUT2D eigenvalue weighted by Crippen LogP contribution is 2.22. The summed E-state index contributed by atoms with van der Waals surface area (Å²) < 4.78 is 8.18. The number of rotatable bonds is 0. The first-order chi connectivity index (χ1) is 8.28. The third kappa shape index (κ3) is 2.92. The van der Waals surface area contributed by atoms with Crippen molar-refractivity contribution in [3.8, 4) is 0 Å². The van der Waals surface area contributed by atoms with Crippen LogP contribution >= 0.6 is 45.2 Å². The molecule has 0 radical (unpaired) electrons. The Morgan fingerprint density at radius 3 is 2.67 bits per heavy atom. The van der Waals surface area contributed by atoms with Crippen LogP contribution in [0.2, 0.25) is 0 Å². The SMILES string of the molecule is CC(C)(C)OC(=O)n1nc(I)c2cc(I)ncc21. The predicted molar refractivity (Wildman–Crippen MR) is 84.6 cm³/mol. The Hall–Kier alpha value is -0.450. The van der Waals surface area contributed by atoms with E-state index in [1.54, 1.807) is 6.20 Å². The molecule has 2 aromatic rings. The first kappa shape index (κ1) is 14.0. The quantitative estimate of drug-likeness (QED) is 0.437. The highest BCUT2D eigenvalue weighted by Gasteiger charge is 2.21. The van der Waals surface area contributed by atoms with Crippen molar-refractivity contribution in [1.29, 1.82) is 0 Å². The maximum Gasteiger partial charge on any atom is 0.435 e. The molecule has 0 atom stereocenters. The molecule has 2 rings (SSSR count). The summed E-state index contributed by atoms with van der Waals surface area (Å²) in [5, 5.41) is 5.10. The lowest BCUT2D eigenvalue weighted by Crippen LogP contribution is -2.27. The third-order valence-corrected chi connectivity index (χ3v) is 3.44. The van der Waals surface area contributed by atoms with Crippen LogP contribution in [0.3, 0.4) is 0 Å². The van der Waals surface area contributed by atoms with Crippen molar-refractivity contribution in [3.05, 3.63) is 19.7 Å². The molecule has 0 amide bonds. The van der Waals surface area contributed by atoms with Crippen molar-refractivity contribution < 1.29 is 9.53 Å². The molecule has 0 aliphatic carbocycles. The standard InChI is InChI=1S/C11H11I2N3O2/c1-11(2,3)18-10(17)16-7-5-14-8(12)4-6(7)9(13)15-16/h4-5H,1-3H3. The van der Waals surface area contributed by atoms with Gasteiger partial charge in [-0.3, -0.25) is 0 Å². The van der Waals surface area contributed by atoms with Gasteiger partial charge in [0, 0.05) is 5.39 Å². The number of ether oxygens (including phenoxy) is 1. The Labute approximate surface area is 132 Å². The fourth-order valence-electron chi connectivity index (χ4n) is 1.40. The molecule has 0 bridgehead atoms. The third-order valence-electron chi connectivity index (χ3n) is 2.05. The Balaban J connectivity index is 2.49. The Morgan fingerprint density at radius 1 is 1.39 bits per heavy atom. The van der Waals surface area contributed by atoms with E-state index in [0.29, 0.717) is 5.52 Å². The molecule has 2 aromatic heterocycles. The Bertz CT molecular complexity index is 617. The Morgan fingerprint density at radius 2 is 2.06 bits per heavy atom. The maximum absolute atomic E-state index is 12.0. The molecule has 0 spiro atoms. The summed E-state index contributed by atoms with van der Waals surface area (Å²) in [5.74, 6) is 0. The van der Waals surface area contributed by atoms with Crippen molar-refractivity contribution in [1.82, 2.24) is 14.8 Å². The van der Waals surface area contributed by atoms with E-state index in [0.717, 1.165) is 12.8 Å². The average molecular weight is 471 g/mol. The molecule has 96 valence electrons. The van der Waals surface area contributed by atoms with E-state index in [4.69, 9.17) is 4.74 Å². The summed E-state index contributed by atoms with van der Waals surface area (Å²) in [5.41, 5.74) is 0.117. The van der Waals surface area contributed by atoms with Gasteiger partial charge in [-0.1, -0.05) is 0 Å². The van der Waals surface area contributed by atoms with E-state index in [1.807, 2.05) is 26.8 Å². The summed E-state index contributed by atoms with van der Waals surface area (Å²) in [7, 11) is 0. The second-order valence-corrected chi connectivity index (χ2v) is 6.83. The van der Waals surface area contributed by atoms with Crippen LogP contribution in [0.15, 0.2) is 12.3 Å². The first-order valence-corrected chi connectivity index (χ1v) is 7.37. The largest absolute Gasteiger partial charge is 0.442 e. The number of hydrogen-bond acceptors (Lipinski definition) is 4. The highest BCUT2D eigenvalue weighted by molar-refractivity contribution is 14.1. The summed E-state index contributed by atoms with van der Waals surface area (Å²) >= 11 is 4.22. The van der Waals surface area contributed by atoms with Gasteiger partial charge in [0.1, 0.15) is 18.5 Å². The summed E-state index contributed by atoms with van der Waals surface area (Å²) in [4.78, 5) is 16.2. The monoisotopic (exact) mass is 471 g/mol. The lowest BCUT2D eigenvalue weighted by Gasteiger charge is -2.19. The maximum atomic E-state index is 12.0. The van der Waals surface area contributed by atoms with E-state index in [9.17, 15) is 4.79 Å². The molecule has 0 aromatic carbocycles. The smallest absolute Gasteiger partial charge is 0.435 e. The summed E-state index contributed by atoms with van der Waals surface area (Å²) in [6.45, 7) is 5.47. The average Bonchev–Trinajstić information content (AvgIpc) is 2.54. The molecule has 0 aliphatic rings. The minimum absolute atomic E-state index is 0.488. The fourth-order valence-corrected chi connectivity index (χ4v) is 2.49. The molecular formula is C11H11I2N3O2. The van der Waals surface area contributed by atoms with Crippen LogP contribution in [-0.2, 0) is 4.74 Å². The van der Waals surface area contributed by atoms with Gasteiger partial charge >= 0.3 is 6.09 Å². The Kier molecular flexibility index (Phi) is 3.81. The van der Waals surface area contributed by atoms with Gasteiger partial charge in [-0.15, -0.1) is 0 Å². The van der Waals surface area contributed by atoms with E-state index in [2.05, 4.69) is 55.3 Å². The van der Waals surface area contributed by atoms with Gasteiger partial charge in [0.15, 0.2) is 0 Å². The zero-order valence-electron chi connectivity index (χ0n) is 10.1. The lowest BCUT2D eigenvalue weighted by atomic mass is 10.2. The number of carbonyl (C=O) groups is 1. The van der Waals surface area contributed by atoms with Gasteiger partial charge in [0.2, 0.25) is 0 Å². The molecule has 0 N–H and O–H groups in total. The molecule has 0 fully saturated rings. The second kappa shape index (κ2) is 4.91. The van der Waals surface area contributed by atoms with Crippen molar-refractivity contribution in [2.75, 3.05) is 0 Å². The predicted octanol–water partition coefficient (Wildman–Crippen LogP) is 3.42. The number of hydrogen-bond donors (Lipinski definition) is 0. The minimum Gasteiger partial charge on any atom is -0.442 e. The molecule has 0 saturated carbocycles. The van der Waals surface area contributed by atoms with Crippen LogP contribution in [0, 0.1) is 7.40 Å². The molecule has 0 unspecified atom stereocenters. The number of fused-ring (bicyclic) bond motifs is 1. The van der Waals surface area contributed by atoms with Crippen molar-refractivity contribution >= 4 is 62.2 Å². The van der Waals surface area contributed by atoms with Gasteiger partial charge in [0.05, 0.1) is 6.20 Å². The van der Waals surface area contributed by atoms with Gasteiger partial charge in [-0.05, 0) is 72.0 Å². The topological polar surface area (TPSA) is 57.0 Å². The van der Waals surface area contributed by atoms with Crippen LogP contribution in [-0.4, -0.2) is 26.5 Å². The van der Waals surface area contributed by atoms with E-state index in [1.165, 1.54) is 4.68 Å². The van der Waals surface area contributed by atoms with E-state index < -0.39 is 11.7 Å². The zero-order valence-corrected chi connectivity index (χ0v) is 14.4. The first-order valence-electron chi connectivity index (χ1n) is 5.21. The molecule has 5 nitrogen and oxygen atoms in total. The van der Waals surface area contributed by atoms with Crippen LogP contribution < -0.4 is 0 Å². The fraction of sp³-hybridized carbons (Fsp3) is 0.364. The van der Waals surface area contributed by atoms with Crippen molar-refractivity contribution in [2.45, 2.75) is 26.4 Å². The normalized spacial score (nSPS) is 11.8. The van der Waals surface area contributed by atoms with Gasteiger partial charge < -0.3 is 4.74 Å². The summed E-state index contributed by atoms with van der Waals surface area (Å²) in [6.07, 6.45) is 1.15. The lowest BCUT2D eigenvalue weighted by molar-refractivity contribution is 0.0522. The van der Waals surface area contributed by atoms with E-state index in [-0.39, 0.29) is 0 Å². The molecule has 18 heavy (non-hydrogen) atoms. The highest BCUT2D eigenvalue weighted by atomic mass is 127.